The standard InChI is InChI=1S/C22H27NO3/c1-21(26)14-16-23(17-15-21)22(20(24)25,19-10-6-3-7-11-19)13-12-18-8-4-2-5-9-18/h2-11,26H,12-17H2,1H3,(H,24,25)/t22-/m1/s1. The Morgan fingerprint density at radius 2 is 1.58 bits per heavy atom. The Bertz CT molecular complexity index is 720. The van der Waals surface area contributed by atoms with Crippen LogP contribution in [0.5, 0.6) is 0 Å². The second kappa shape index (κ2) is 7.60. The van der Waals surface area contributed by atoms with Crippen LogP contribution in [0.2, 0.25) is 0 Å². The lowest BCUT2D eigenvalue weighted by molar-refractivity contribution is -0.157. The summed E-state index contributed by atoms with van der Waals surface area (Å²) >= 11 is 0. The van der Waals surface area contributed by atoms with Crippen LogP contribution in [-0.2, 0) is 16.8 Å². The predicted octanol–water partition coefficient (Wildman–Crippen LogP) is 3.45. The number of piperidine rings is 1. The first kappa shape index (κ1) is 18.6. The number of hydrogen-bond donors (Lipinski definition) is 2. The molecule has 0 aromatic heterocycles. The lowest BCUT2D eigenvalue weighted by atomic mass is 9.80. The average Bonchev–Trinajstić information content (AvgIpc) is 2.64. The quantitative estimate of drug-likeness (QED) is 0.835. The number of aliphatic hydroxyl groups is 1. The number of carboxylic acid groups (broad SMARTS) is 1. The Morgan fingerprint density at radius 1 is 1.04 bits per heavy atom. The van der Waals surface area contributed by atoms with Crippen molar-refractivity contribution in [2.24, 2.45) is 0 Å². The maximum absolute atomic E-state index is 12.6. The molecule has 2 aromatic rings. The van der Waals surface area contributed by atoms with Crippen LogP contribution in [0.25, 0.3) is 0 Å². The lowest BCUT2D eigenvalue weighted by Crippen LogP contribution is -2.57. The molecule has 1 atom stereocenters. The highest BCUT2D eigenvalue weighted by molar-refractivity contribution is 5.81. The molecule has 1 fully saturated rings. The molecule has 0 bridgehead atoms. The minimum atomic E-state index is -1.08. The third-order valence-electron chi connectivity index (χ3n) is 5.60. The zero-order valence-electron chi connectivity index (χ0n) is 15.3. The van der Waals surface area contributed by atoms with E-state index >= 15 is 0 Å². The van der Waals surface area contributed by atoms with Crippen molar-refractivity contribution in [1.82, 2.24) is 4.90 Å². The van der Waals surface area contributed by atoms with E-state index in [4.69, 9.17) is 0 Å². The molecule has 138 valence electrons. The minimum absolute atomic E-state index is 0.499. The van der Waals surface area contributed by atoms with Gasteiger partial charge in [-0.15, -0.1) is 0 Å². The third-order valence-corrected chi connectivity index (χ3v) is 5.60. The molecule has 0 saturated carbocycles. The van der Waals surface area contributed by atoms with E-state index in [1.54, 1.807) is 0 Å². The number of aliphatic carboxylic acids is 1. The molecule has 1 saturated heterocycles. The summed E-state index contributed by atoms with van der Waals surface area (Å²) in [5.74, 6) is -0.818. The van der Waals surface area contributed by atoms with Crippen LogP contribution >= 0.6 is 0 Å². The molecule has 0 aliphatic carbocycles. The van der Waals surface area contributed by atoms with E-state index in [-0.39, 0.29) is 0 Å². The maximum atomic E-state index is 12.6. The van der Waals surface area contributed by atoms with Gasteiger partial charge in [-0.2, -0.15) is 0 Å². The fourth-order valence-electron chi connectivity index (χ4n) is 3.90. The summed E-state index contributed by atoms with van der Waals surface area (Å²) in [4.78, 5) is 14.6. The highest BCUT2D eigenvalue weighted by Crippen LogP contribution is 2.38. The fourth-order valence-corrected chi connectivity index (χ4v) is 3.90. The second-order valence-corrected chi connectivity index (χ2v) is 7.50. The highest BCUT2D eigenvalue weighted by atomic mass is 16.4. The van der Waals surface area contributed by atoms with Crippen molar-refractivity contribution in [1.29, 1.82) is 0 Å². The summed E-state index contributed by atoms with van der Waals surface area (Å²) < 4.78 is 0. The molecule has 1 aliphatic heterocycles. The van der Waals surface area contributed by atoms with Gasteiger partial charge in [-0.1, -0.05) is 60.7 Å². The molecule has 0 unspecified atom stereocenters. The molecule has 0 spiro atoms. The zero-order valence-corrected chi connectivity index (χ0v) is 15.3. The minimum Gasteiger partial charge on any atom is -0.480 e. The summed E-state index contributed by atoms with van der Waals surface area (Å²) in [7, 11) is 0. The molecular formula is C22H27NO3. The number of aryl methyl sites for hydroxylation is 1. The van der Waals surface area contributed by atoms with Crippen LogP contribution < -0.4 is 0 Å². The van der Waals surface area contributed by atoms with Crippen LogP contribution in [0.4, 0.5) is 0 Å². The SMILES string of the molecule is CC1(O)CCN([C@@](CCc2ccccc2)(C(=O)O)c2ccccc2)CC1. The predicted molar refractivity (Wildman–Crippen MR) is 102 cm³/mol. The second-order valence-electron chi connectivity index (χ2n) is 7.50. The van der Waals surface area contributed by atoms with Gasteiger partial charge in [-0.25, -0.2) is 4.79 Å². The molecule has 4 nitrogen and oxygen atoms in total. The number of benzene rings is 2. The highest BCUT2D eigenvalue weighted by Gasteiger charge is 2.47. The van der Waals surface area contributed by atoms with Gasteiger partial charge < -0.3 is 10.2 Å². The van der Waals surface area contributed by atoms with Crippen LogP contribution in [0, 0.1) is 0 Å². The van der Waals surface area contributed by atoms with Gasteiger partial charge in [0.15, 0.2) is 0 Å². The molecule has 0 radical (unpaired) electrons. The lowest BCUT2D eigenvalue weighted by Gasteiger charge is -2.46. The van der Waals surface area contributed by atoms with Crippen LogP contribution in [-0.4, -0.2) is 39.8 Å². The average molecular weight is 353 g/mol. The number of carbonyl (C=O) groups is 1. The van der Waals surface area contributed by atoms with Crippen molar-refractivity contribution in [3.63, 3.8) is 0 Å². The molecule has 2 N–H and O–H groups in total. The van der Waals surface area contributed by atoms with Gasteiger partial charge in [0.2, 0.25) is 0 Å². The summed E-state index contributed by atoms with van der Waals surface area (Å²) in [6.45, 7) is 2.98. The van der Waals surface area contributed by atoms with Crippen molar-refractivity contribution >= 4 is 5.97 Å². The van der Waals surface area contributed by atoms with Crippen LogP contribution in [0.3, 0.4) is 0 Å². The van der Waals surface area contributed by atoms with E-state index < -0.39 is 17.1 Å². The molecule has 26 heavy (non-hydrogen) atoms. The maximum Gasteiger partial charge on any atom is 0.328 e. The van der Waals surface area contributed by atoms with Crippen molar-refractivity contribution in [2.75, 3.05) is 13.1 Å². The molecule has 0 amide bonds. The van der Waals surface area contributed by atoms with Gasteiger partial charge in [0, 0.05) is 13.1 Å². The van der Waals surface area contributed by atoms with E-state index in [0.29, 0.717) is 38.8 Å². The molecule has 1 aliphatic rings. The largest absolute Gasteiger partial charge is 0.480 e. The first-order valence-corrected chi connectivity index (χ1v) is 9.24. The summed E-state index contributed by atoms with van der Waals surface area (Å²) in [5.41, 5.74) is 0.160. The number of carboxylic acids is 1. The molecular weight excluding hydrogens is 326 g/mol. The molecule has 3 rings (SSSR count). The Kier molecular flexibility index (Phi) is 5.44. The first-order valence-electron chi connectivity index (χ1n) is 9.24. The number of likely N-dealkylation sites (tertiary alicyclic amines) is 1. The number of hydrogen-bond acceptors (Lipinski definition) is 3. The Balaban J connectivity index is 1.95. The Labute approximate surface area is 155 Å². The van der Waals surface area contributed by atoms with E-state index in [9.17, 15) is 15.0 Å². The summed E-state index contributed by atoms with van der Waals surface area (Å²) in [6, 6.07) is 19.5. The van der Waals surface area contributed by atoms with E-state index in [1.807, 2.05) is 72.5 Å². The van der Waals surface area contributed by atoms with Crippen molar-refractivity contribution in [3.8, 4) is 0 Å². The topological polar surface area (TPSA) is 60.8 Å². The van der Waals surface area contributed by atoms with E-state index in [2.05, 4.69) is 0 Å². The summed E-state index contributed by atoms with van der Waals surface area (Å²) in [5, 5.41) is 20.6. The summed E-state index contributed by atoms with van der Waals surface area (Å²) in [6.07, 6.45) is 2.35. The molecule has 4 heteroatoms. The number of nitrogens with zero attached hydrogens (tertiary/aromatic N) is 1. The molecule has 2 aromatic carbocycles. The first-order chi connectivity index (χ1) is 12.4. The van der Waals surface area contributed by atoms with Gasteiger partial charge in [0.1, 0.15) is 5.54 Å². The van der Waals surface area contributed by atoms with Crippen LogP contribution in [0.1, 0.15) is 37.3 Å². The zero-order chi connectivity index (χ0) is 18.6. The Hall–Kier alpha value is -2.17. The van der Waals surface area contributed by atoms with Crippen molar-refractivity contribution in [2.45, 2.75) is 43.7 Å². The smallest absolute Gasteiger partial charge is 0.328 e. The van der Waals surface area contributed by atoms with Crippen molar-refractivity contribution < 1.29 is 15.0 Å². The van der Waals surface area contributed by atoms with Gasteiger partial charge in [-0.05, 0) is 43.7 Å². The Morgan fingerprint density at radius 3 is 2.12 bits per heavy atom. The van der Waals surface area contributed by atoms with Gasteiger partial charge in [0.25, 0.3) is 0 Å². The van der Waals surface area contributed by atoms with Gasteiger partial charge in [0.05, 0.1) is 5.60 Å². The van der Waals surface area contributed by atoms with Gasteiger partial charge in [-0.3, -0.25) is 4.90 Å². The third kappa shape index (κ3) is 3.81. The molecule has 1 heterocycles. The van der Waals surface area contributed by atoms with Gasteiger partial charge >= 0.3 is 5.97 Å². The monoisotopic (exact) mass is 353 g/mol. The van der Waals surface area contributed by atoms with E-state index in [1.165, 1.54) is 0 Å². The van der Waals surface area contributed by atoms with Crippen LogP contribution in [0.15, 0.2) is 60.7 Å². The van der Waals surface area contributed by atoms with E-state index in [0.717, 1.165) is 11.1 Å². The fraction of sp³-hybridized carbons (Fsp3) is 0.409. The normalized spacial score (nSPS) is 19.6. The number of rotatable bonds is 6. The van der Waals surface area contributed by atoms with Crippen molar-refractivity contribution in [3.05, 3.63) is 71.8 Å².